The lowest BCUT2D eigenvalue weighted by atomic mass is 10.2. The van der Waals surface area contributed by atoms with Crippen LogP contribution in [0.5, 0.6) is 5.75 Å². The Hall–Kier alpha value is -3.13. The summed E-state index contributed by atoms with van der Waals surface area (Å²) in [5.41, 5.74) is 1.70. The molecule has 28 heavy (non-hydrogen) atoms. The first-order valence-corrected chi connectivity index (χ1v) is 9.17. The number of ether oxygens (including phenoxy) is 1. The normalized spacial score (nSPS) is 15.7. The number of hydrogen-bond acceptors (Lipinski definition) is 6. The Kier molecular flexibility index (Phi) is 6.10. The van der Waals surface area contributed by atoms with Gasteiger partial charge in [0.1, 0.15) is 5.75 Å². The van der Waals surface area contributed by atoms with E-state index < -0.39 is 4.92 Å². The predicted molar refractivity (Wildman–Crippen MR) is 108 cm³/mol. The Morgan fingerprint density at radius 2 is 1.75 bits per heavy atom. The number of methoxy groups -OCH3 is 1. The van der Waals surface area contributed by atoms with Crippen LogP contribution < -0.4 is 15.0 Å². The van der Waals surface area contributed by atoms with Gasteiger partial charge in [-0.3, -0.25) is 19.8 Å². The molecule has 2 aromatic rings. The van der Waals surface area contributed by atoms with E-state index in [9.17, 15) is 14.9 Å². The lowest BCUT2D eigenvalue weighted by Crippen LogP contribution is -2.52. The third-order valence-electron chi connectivity index (χ3n) is 5.03. The maximum absolute atomic E-state index is 12.6. The maximum Gasteiger partial charge on any atom is 0.269 e. The molecule has 0 aliphatic carbocycles. The van der Waals surface area contributed by atoms with Crippen LogP contribution in [0.4, 0.5) is 17.1 Å². The zero-order chi connectivity index (χ0) is 20.1. The Balaban J connectivity index is 1.56. The summed E-state index contributed by atoms with van der Waals surface area (Å²) in [7, 11) is 1.58. The van der Waals surface area contributed by atoms with Crippen molar-refractivity contribution in [2.75, 3.05) is 43.5 Å². The fraction of sp³-hybridized carbons (Fsp3) is 0.350. The number of anilines is 2. The van der Waals surface area contributed by atoms with Crippen LogP contribution in [0, 0.1) is 10.1 Å². The van der Waals surface area contributed by atoms with Crippen LogP contribution in [-0.2, 0) is 4.79 Å². The van der Waals surface area contributed by atoms with Gasteiger partial charge in [0.15, 0.2) is 0 Å². The lowest BCUT2D eigenvalue weighted by molar-refractivity contribution is -0.384. The Morgan fingerprint density at radius 1 is 1.11 bits per heavy atom. The summed E-state index contributed by atoms with van der Waals surface area (Å²) in [5, 5.41) is 13.7. The number of amides is 1. The zero-order valence-electron chi connectivity index (χ0n) is 16.0. The number of carbonyl (C=O) groups excluding carboxylic acids is 1. The first kappa shape index (κ1) is 19.6. The number of piperazine rings is 1. The monoisotopic (exact) mass is 384 g/mol. The van der Waals surface area contributed by atoms with Crippen molar-refractivity contribution in [3.63, 3.8) is 0 Å². The topological polar surface area (TPSA) is 88.0 Å². The average molecular weight is 384 g/mol. The molecule has 8 nitrogen and oxygen atoms in total. The molecule has 0 saturated carbocycles. The van der Waals surface area contributed by atoms with Crippen molar-refractivity contribution in [2.24, 2.45) is 0 Å². The highest BCUT2D eigenvalue weighted by atomic mass is 16.6. The standard InChI is InChI=1S/C20H24N4O4/c1-15(20(25)21-18-5-3-4-6-19(18)28-2)22-11-13-23(14-12-22)16-7-9-17(10-8-16)24(26)27/h3-10,15H,11-14H2,1-2H3,(H,21,25)/t15-/m0/s1. The second kappa shape index (κ2) is 8.71. The SMILES string of the molecule is COc1ccccc1NC(=O)[C@H](C)N1CCN(c2ccc([N+](=O)[O-])cc2)CC1. The van der Waals surface area contributed by atoms with Crippen LogP contribution in [0.1, 0.15) is 6.92 Å². The van der Waals surface area contributed by atoms with Gasteiger partial charge in [-0.2, -0.15) is 0 Å². The molecule has 0 bridgehead atoms. The molecule has 8 heteroatoms. The van der Waals surface area contributed by atoms with E-state index in [1.54, 1.807) is 19.2 Å². The predicted octanol–water partition coefficient (Wildman–Crippen LogP) is 2.75. The van der Waals surface area contributed by atoms with E-state index in [0.29, 0.717) is 11.4 Å². The first-order valence-electron chi connectivity index (χ1n) is 9.17. The number of para-hydroxylation sites is 2. The molecule has 1 aliphatic heterocycles. The van der Waals surface area contributed by atoms with E-state index in [2.05, 4.69) is 15.1 Å². The summed E-state index contributed by atoms with van der Waals surface area (Å²) in [6.45, 7) is 4.87. The van der Waals surface area contributed by atoms with Gasteiger partial charge in [-0.1, -0.05) is 12.1 Å². The molecule has 3 rings (SSSR count). The summed E-state index contributed by atoms with van der Waals surface area (Å²) < 4.78 is 5.28. The van der Waals surface area contributed by atoms with Crippen LogP contribution in [0.2, 0.25) is 0 Å². The highest BCUT2D eigenvalue weighted by Gasteiger charge is 2.26. The molecule has 1 heterocycles. The second-order valence-corrected chi connectivity index (χ2v) is 6.66. The van der Waals surface area contributed by atoms with Gasteiger partial charge in [-0.15, -0.1) is 0 Å². The molecule has 2 aromatic carbocycles. The Labute approximate surface area is 163 Å². The van der Waals surface area contributed by atoms with E-state index in [0.717, 1.165) is 31.9 Å². The first-order chi connectivity index (χ1) is 13.5. The van der Waals surface area contributed by atoms with Crippen molar-refractivity contribution in [1.29, 1.82) is 0 Å². The summed E-state index contributed by atoms with van der Waals surface area (Å²) in [6.07, 6.45) is 0. The van der Waals surface area contributed by atoms with Crippen molar-refractivity contribution in [3.05, 3.63) is 58.6 Å². The van der Waals surface area contributed by atoms with Crippen molar-refractivity contribution >= 4 is 23.0 Å². The van der Waals surface area contributed by atoms with E-state index in [-0.39, 0.29) is 17.6 Å². The van der Waals surface area contributed by atoms with E-state index in [1.165, 1.54) is 12.1 Å². The number of carbonyl (C=O) groups is 1. The van der Waals surface area contributed by atoms with Crippen molar-refractivity contribution in [1.82, 2.24) is 4.90 Å². The lowest BCUT2D eigenvalue weighted by Gasteiger charge is -2.38. The highest BCUT2D eigenvalue weighted by molar-refractivity contribution is 5.95. The van der Waals surface area contributed by atoms with Gasteiger partial charge >= 0.3 is 0 Å². The van der Waals surface area contributed by atoms with Crippen LogP contribution in [0.25, 0.3) is 0 Å². The molecule has 0 radical (unpaired) electrons. The van der Waals surface area contributed by atoms with Gasteiger partial charge in [0.05, 0.1) is 23.8 Å². The van der Waals surface area contributed by atoms with Gasteiger partial charge in [0.2, 0.25) is 5.91 Å². The average Bonchev–Trinajstić information content (AvgIpc) is 2.73. The van der Waals surface area contributed by atoms with Crippen LogP contribution in [0.3, 0.4) is 0 Å². The number of benzene rings is 2. The third kappa shape index (κ3) is 4.40. The number of hydrogen-bond donors (Lipinski definition) is 1. The number of nitrogens with one attached hydrogen (secondary N) is 1. The van der Waals surface area contributed by atoms with Crippen molar-refractivity contribution in [3.8, 4) is 5.75 Å². The fourth-order valence-corrected chi connectivity index (χ4v) is 3.30. The fourth-order valence-electron chi connectivity index (χ4n) is 3.30. The zero-order valence-corrected chi connectivity index (χ0v) is 16.0. The van der Waals surface area contributed by atoms with Gasteiger partial charge in [0, 0.05) is 44.0 Å². The molecule has 1 amide bonds. The number of nitrogens with zero attached hydrogens (tertiary/aromatic N) is 3. The molecule has 1 aliphatic rings. The number of rotatable bonds is 6. The van der Waals surface area contributed by atoms with Gasteiger partial charge in [0.25, 0.3) is 5.69 Å². The highest BCUT2D eigenvalue weighted by Crippen LogP contribution is 2.24. The van der Waals surface area contributed by atoms with Crippen LogP contribution >= 0.6 is 0 Å². The quantitative estimate of drug-likeness (QED) is 0.609. The minimum Gasteiger partial charge on any atom is -0.495 e. The minimum absolute atomic E-state index is 0.0757. The summed E-state index contributed by atoms with van der Waals surface area (Å²) in [6, 6.07) is 13.6. The molecular weight excluding hydrogens is 360 g/mol. The van der Waals surface area contributed by atoms with Gasteiger partial charge in [-0.05, 0) is 31.2 Å². The smallest absolute Gasteiger partial charge is 0.269 e. The molecule has 1 fully saturated rings. The molecular formula is C20H24N4O4. The molecule has 1 saturated heterocycles. The molecule has 148 valence electrons. The van der Waals surface area contributed by atoms with E-state index in [1.807, 2.05) is 31.2 Å². The van der Waals surface area contributed by atoms with Crippen molar-refractivity contribution in [2.45, 2.75) is 13.0 Å². The number of non-ortho nitro benzene ring substituents is 1. The molecule has 0 unspecified atom stereocenters. The summed E-state index contributed by atoms with van der Waals surface area (Å²) >= 11 is 0. The Morgan fingerprint density at radius 3 is 2.36 bits per heavy atom. The number of nitro groups is 1. The largest absolute Gasteiger partial charge is 0.495 e. The molecule has 0 spiro atoms. The van der Waals surface area contributed by atoms with Crippen LogP contribution in [-0.4, -0.2) is 55.1 Å². The van der Waals surface area contributed by atoms with Crippen LogP contribution in [0.15, 0.2) is 48.5 Å². The second-order valence-electron chi connectivity index (χ2n) is 6.66. The van der Waals surface area contributed by atoms with E-state index >= 15 is 0 Å². The maximum atomic E-state index is 12.6. The molecule has 1 N–H and O–H groups in total. The molecule has 1 atom stereocenters. The molecule has 0 aromatic heterocycles. The summed E-state index contributed by atoms with van der Waals surface area (Å²) in [4.78, 5) is 27.3. The summed E-state index contributed by atoms with van der Waals surface area (Å²) in [5.74, 6) is 0.555. The van der Waals surface area contributed by atoms with Crippen molar-refractivity contribution < 1.29 is 14.5 Å². The van der Waals surface area contributed by atoms with Gasteiger partial charge < -0.3 is 15.0 Å². The number of nitro benzene ring substituents is 1. The Bertz CT molecular complexity index is 832. The third-order valence-corrected chi connectivity index (χ3v) is 5.03. The minimum atomic E-state index is -0.399. The van der Waals surface area contributed by atoms with Gasteiger partial charge in [-0.25, -0.2) is 0 Å². The van der Waals surface area contributed by atoms with E-state index in [4.69, 9.17) is 4.74 Å².